The van der Waals surface area contributed by atoms with E-state index in [0.29, 0.717) is 22.6 Å². The second-order valence-corrected chi connectivity index (χ2v) is 6.65. The van der Waals surface area contributed by atoms with E-state index in [9.17, 15) is 14.4 Å². The van der Waals surface area contributed by atoms with E-state index in [2.05, 4.69) is 11.4 Å². The number of ether oxygens (including phenoxy) is 1. The van der Waals surface area contributed by atoms with Crippen LogP contribution in [0.3, 0.4) is 0 Å². The molecule has 2 aromatic carbocycles. The van der Waals surface area contributed by atoms with Gasteiger partial charge < -0.3 is 10.1 Å². The van der Waals surface area contributed by atoms with Gasteiger partial charge in [-0.25, -0.2) is 4.79 Å². The van der Waals surface area contributed by atoms with Crippen molar-refractivity contribution < 1.29 is 23.7 Å². The third kappa shape index (κ3) is 3.12. The van der Waals surface area contributed by atoms with Crippen LogP contribution < -0.4 is 10.1 Å². The SMILES string of the molecule is CNC(=O)CN1C(=O)C2Oc3ccccc3C2=[N+](Cc2ccc(C#N)cc2)C1=O. The first-order valence-electron chi connectivity index (χ1n) is 8.99. The van der Waals surface area contributed by atoms with Crippen molar-refractivity contribution >= 4 is 23.6 Å². The van der Waals surface area contributed by atoms with Crippen LogP contribution in [0.15, 0.2) is 48.5 Å². The summed E-state index contributed by atoms with van der Waals surface area (Å²) in [5.74, 6) is -0.509. The Hall–Kier alpha value is -3.99. The molecule has 29 heavy (non-hydrogen) atoms. The molecule has 8 heteroatoms. The summed E-state index contributed by atoms with van der Waals surface area (Å²) in [5, 5.41) is 11.4. The highest BCUT2D eigenvalue weighted by Crippen LogP contribution is 2.32. The Morgan fingerprint density at radius 1 is 1.21 bits per heavy atom. The van der Waals surface area contributed by atoms with Gasteiger partial charge in [0.15, 0.2) is 12.3 Å². The van der Waals surface area contributed by atoms with Gasteiger partial charge in [0.1, 0.15) is 12.3 Å². The molecule has 2 aliphatic heterocycles. The minimum Gasteiger partial charge on any atom is -0.469 e. The van der Waals surface area contributed by atoms with Crippen LogP contribution in [0.2, 0.25) is 0 Å². The summed E-state index contributed by atoms with van der Waals surface area (Å²) in [7, 11) is 1.44. The number of para-hydroxylation sites is 1. The topological polar surface area (TPSA) is 103 Å². The van der Waals surface area contributed by atoms with Crippen molar-refractivity contribution in [1.82, 2.24) is 10.2 Å². The van der Waals surface area contributed by atoms with Crippen LogP contribution in [0, 0.1) is 11.3 Å². The average molecular weight is 389 g/mol. The quantitative estimate of drug-likeness (QED) is 0.787. The number of nitrogens with one attached hydrogen (secondary N) is 1. The first-order valence-corrected chi connectivity index (χ1v) is 8.99. The maximum absolute atomic E-state index is 13.2. The number of hydrogen-bond acceptors (Lipinski definition) is 5. The average Bonchev–Trinajstić information content (AvgIpc) is 3.14. The molecule has 1 N–H and O–H groups in total. The number of benzene rings is 2. The van der Waals surface area contributed by atoms with Gasteiger partial charge >= 0.3 is 11.9 Å². The molecule has 2 aromatic rings. The van der Waals surface area contributed by atoms with Crippen molar-refractivity contribution in [3.8, 4) is 11.8 Å². The highest BCUT2D eigenvalue weighted by molar-refractivity contribution is 6.22. The minimum absolute atomic E-state index is 0.172. The molecular formula is C21H17N4O4+. The summed E-state index contributed by atoms with van der Waals surface area (Å²) in [6, 6.07) is 15.4. The lowest BCUT2D eigenvalue weighted by molar-refractivity contribution is -0.456. The zero-order valence-corrected chi connectivity index (χ0v) is 15.6. The number of hydrogen-bond donors (Lipinski definition) is 1. The van der Waals surface area contributed by atoms with E-state index in [1.165, 1.54) is 11.6 Å². The molecule has 1 unspecified atom stereocenters. The molecule has 2 heterocycles. The third-order valence-electron chi connectivity index (χ3n) is 4.90. The van der Waals surface area contributed by atoms with Crippen molar-refractivity contribution in [2.24, 2.45) is 0 Å². The number of nitrogens with zero attached hydrogens (tertiary/aromatic N) is 3. The van der Waals surface area contributed by atoms with Crippen LogP contribution in [-0.2, 0) is 16.1 Å². The Morgan fingerprint density at radius 3 is 2.62 bits per heavy atom. The van der Waals surface area contributed by atoms with Gasteiger partial charge in [-0.2, -0.15) is 14.6 Å². The fourth-order valence-corrected chi connectivity index (χ4v) is 3.43. The van der Waals surface area contributed by atoms with Crippen molar-refractivity contribution in [2.75, 3.05) is 13.6 Å². The van der Waals surface area contributed by atoms with Crippen LogP contribution in [0.1, 0.15) is 16.7 Å². The minimum atomic E-state index is -0.992. The molecule has 1 atom stereocenters. The molecule has 0 bridgehead atoms. The van der Waals surface area contributed by atoms with E-state index in [-0.39, 0.29) is 13.1 Å². The molecule has 0 saturated carbocycles. The van der Waals surface area contributed by atoms with Gasteiger partial charge in [0.05, 0.1) is 17.2 Å². The molecule has 0 spiro atoms. The lowest BCUT2D eigenvalue weighted by Crippen LogP contribution is -2.59. The number of urea groups is 1. The molecule has 0 aromatic heterocycles. The first kappa shape index (κ1) is 18.4. The van der Waals surface area contributed by atoms with Crippen molar-refractivity contribution in [3.63, 3.8) is 0 Å². The molecule has 0 fully saturated rings. The summed E-state index contributed by atoms with van der Waals surface area (Å²) in [5.41, 5.74) is 2.43. The fourth-order valence-electron chi connectivity index (χ4n) is 3.43. The van der Waals surface area contributed by atoms with Crippen LogP contribution in [0.25, 0.3) is 0 Å². The van der Waals surface area contributed by atoms with Gasteiger partial charge in [0.25, 0.3) is 12.0 Å². The van der Waals surface area contributed by atoms with Gasteiger partial charge in [0.2, 0.25) is 0 Å². The number of fused-ring (bicyclic) bond motifs is 3. The smallest absolute Gasteiger partial charge is 0.469 e. The lowest BCUT2D eigenvalue weighted by Gasteiger charge is -2.24. The largest absolute Gasteiger partial charge is 0.501 e. The van der Waals surface area contributed by atoms with Gasteiger partial charge in [-0.1, -0.05) is 24.3 Å². The molecular weight excluding hydrogens is 372 g/mol. The first-order chi connectivity index (χ1) is 14.0. The monoisotopic (exact) mass is 389 g/mol. The van der Waals surface area contributed by atoms with E-state index >= 15 is 0 Å². The van der Waals surface area contributed by atoms with E-state index in [1.54, 1.807) is 42.5 Å². The fraction of sp³-hybridized carbons (Fsp3) is 0.190. The summed E-state index contributed by atoms with van der Waals surface area (Å²) >= 11 is 0. The predicted molar refractivity (Wildman–Crippen MR) is 101 cm³/mol. The maximum atomic E-state index is 13.2. The Balaban J connectivity index is 1.80. The second kappa shape index (κ2) is 7.20. The summed E-state index contributed by atoms with van der Waals surface area (Å²) in [4.78, 5) is 38.9. The highest BCUT2D eigenvalue weighted by Gasteiger charge is 2.54. The van der Waals surface area contributed by atoms with Crippen LogP contribution in [-0.4, -0.2) is 52.7 Å². The number of rotatable bonds is 4. The summed E-state index contributed by atoms with van der Waals surface area (Å²) in [6.07, 6.45) is -0.992. The number of likely N-dealkylation sites (N-methyl/N-ethyl adjacent to an activating group) is 1. The second-order valence-electron chi connectivity index (χ2n) is 6.65. The van der Waals surface area contributed by atoms with E-state index in [0.717, 1.165) is 10.5 Å². The zero-order valence-electron chi connectivity index (χ0n) is 15.6. The number of amides is 4. The maximum Gasteiger partial charge on any atom is 0.501 e. The molecule has 8 nitrogen and oxygen atoms in total. The zero-order chi connectivity index (χ0) is 20.5. The van der Waals surface area contributed by atoms with E-state index in [1.807, 2.05) is 6.07 Å². The summed E-state index contributed by atoms with van der Waals surface area (Å²) < 4.78 is 7.29. The van der Waals surface area contributed by atoms with Crippen LogP contribution >= 0.6 is 0 Å². The summed E-state index contributed by atoms with van der Waals surface area (Å²) in [6.45, 7) is -0.215. The molecule has 4 rings (SSSR count). The molecule has 0 radical (unpaired) electrons. The molecule has 0 aliphatic carbocycles. The van der Waals surface area contributed by atoms with Crippen LogP contribution in [0.4, 0.5) is 4.79 Å². The Labute approximate surface area is 166 Å². The lowest BCUT2D eigenvalue weighted by atomic mass is 10.0. The van der Waals surface area contributed by atoms with Gasteiger partial charge in [-0.05, 0) is 29.8 Å². The highest BCUT2D eigenvalue weighted by atomic mass is 16.5. The Bertz CT molecular complexity index is 1100. The van der Waals surface area contributed by atoms with Gasteiger partial charge in [-0.15, -0.1) is 4.90 Å². The number of nitriles is 1. The standard InChI is InChI=1S/C21H16N4O4/c1-23-17(26)12-25-20(27)19-18(15-4-2-3-5-16(15)29-19)24(21(25)28)11-14-8-6-13(10-22)7-9-14/h2-9,19H,11-12H2,1H3/p+1. The molecule has 0 saturated heterocycles. The Kier molecular flexibility index (Phi) is 4.56. The number of carbonyl (C=O) groups is 3. The van der Waals surface area contributed by atoms with E-state index < -0.39 is 23.9 Å². The Morgan fingerprint density at radius 2 is 1.93 bits per heavy atom. The molecule has 4 amide bonds. The molecule has 144 valence electrons. The van der Waals surface area contributed by atoms with Gasteiger partial charge in [0, 0.05) is 7.05 Å². The normalized spacial score (nSPS) is 17.4. The number of carbonyl (C=O) groups excluding carboxylic acids is 3. The van der Waals surface area contributed by atoms with Crippen molar-refractivity contribution in [1.29, 1.82) is 5.26 Å². The third-order valence-corrected chi connectivity index (χ3v) is 4.90. The van der Waals surface area contributed by atoms with Crippen molar-refractivity contribution in [3.05, 3.63) is 65.2 Å². The van der Waals surface area contributed by atoms with Crippen molar-refractivity contribution in [2.45, 2.75) is 12.6 Å². The van der Waals surface area contributed by atoms with E-state index in [4.69, 9.17) is 10.00 Å². The predicted octanol–water partition coefficient (Wildman–Crippen LogP) is 1.03. The number of imide groups is 1. The molecule has 2 aliphatic rings. The van der Waals surface area contributed by atoms with Gasteiger partial charge in [-0.3, -0.25) is 4.79 Å². The van der Waals surface area contributed by atoms with Crippen LogP contribution in [0.5, 0.6) is 5.75 Å².